The molecule has 1 aliphatic rings. The van der Waals surface area contributed by atoms with Gasteiger partial charge in [0.1, 0.15) is 10.5 Å². The predicted octanol–water partition coefficient (Wildman–Crippen LogP) is 1.61. The van der Waals surface area contributed by atoms with E-state index in [1.807, 2.05) is 24.0 Å². The van der Waals surface area contributed by atoms with Crippen LogP contribution >= 0.6 is 11.3 Å². The van der Waals surface area contributed by atoms with Crippen LogP contribution < -0.4 is 5.56 Å². The van der Waals surface area contributed by atoms with E-state index in [-0.39, 0.29) is 11.5 Å². The van der Waals surface area contributed by atoms with Gasteiger partial charge >= 0.3 is 0 Å². The maximum Gasteiger partial charge on any atom is 0.266 e. The lowest BCUT2D eigenvalue weighted by Gasteiger charge is -2.32. The van der Waals surface area contributed by atoms with Gasteiger partial charge in [-0.3, -0.25) is 14.0 Å². The fourth-order valence-electron chi connectivity index (χ4n) is 2.98. The van der Waals surface area contributed by atoms with Crippen LogP contribution in [0.15, 0.2) is 29.2 Å². The number of thiophene rings is 1. The van der Waals surface area contributed by atoms with Crippen molar-refractivity contribution in [3.63, 3.8) is 0 Å². The Hall–Kier alpha value is -2.25. The number of amides is 1. The van der Waals surface area contributed by atoms with Crippen molar-refractivity contribution in [1.82, 2.24) is 19.2 Å². The first-order chi connectivity index (χ1) is 11.5. The molecule has 4 heterocycles. The molecule has 0 atom stereocenters. The van der Waals surface area contributed by atoms with Crippen LogP contribution in [-0.4, -0.2) is 58.3 Å². The van der Waals surface area contributed by atoms with Crippen LogP contribution in [0.3, 0.4) is 0 Å². The summed E-state index contributed by atoms with van der Waals surface area (Å²) in [5, 5.41) is 0.514. The Kier molecular flexibility index (Phi) is 3.62. The Morgan fingerprint density at radius 2 is 1.96 bits per heavy atom. The topological polar surface area (TPSA) is 57.9 Å². The van der Waals surface area contributed by atoms with Crippen LogP contribution in [0, 0.1) is 6.92 Å². The molecule has 0 aliphatic carbocycles. The largest absolute Gasteiger partial charge is 0.335 e. The van der Waals surface area contributed by atoms with Gasteiger partial charge in [-0.15, -0.1) is 11.3 Å². The second-order valence-electron chi connectivity index (χ2n) is 6.28. The van der Waals surface area contributed by atoms with Crippen molar-refractivity contribution >= 4 is 33.1 Å². The minimum absolute atomic E-state index is 0.00395. The van der Waals surface area contributed by atoms with Gasteiger partial charge in [0, 0.05) is 32.4 Å². The molecule has 0 radical (unpaired) electrons. The zero-order valence-electron chi connectivity index (χ0n) is 13.7. The summed E-state index contributed by atoms with van der Waals surface area (Å²) >= 11 is 1.30. The molecule has 3 aromatic rings. The molecule has 1 amide bonds. The zero-order valence-corrected chi connectivity index (χ0v) is 14.5. The number of nitrogens with zero attached hydrogens (tertiary/aromatic N) is 4. The zero-order chi connectivity index (χ0) is 16.8. The monoisotopic (exact) mass is 342 g/mol. The normalized spacial score (nSPS) is 16.2. The Bertz CT molecular complexity index is 999. The van der Waals surface area contributed by atoms with E-state index in [4.69, 9.17) is 0 Å². The highest BCUT2D eigenvalue weighted by Gasteiger charge is 2.23. The molecular formula is C17H18N4O2S. The third-order valence-corrected chi connectivity index (χ3v) is 5.47. The molecule has 6 nitrogen and oxygen atoms in total. The number of hydrogen-bond acceptors (Lipinski definition) is 5. The first kappa shape index (κ1) is 15.3. The fourth-order valence-corrected chi connectivity index (χ4v) is 3.97. The van der Waals surface area contributed by atoms with Crippen molar-refractivity contribution < 1.29 is 4.79 Å². The number of aromatic nitrogens is 2. The maximum absolute atomic E-state index is 12.7. The van der Waals surface area contributed by atoms with E-state index in [1.165, 1.54) is 11.3 Å². The van der Waals surface area contributed by atoms with Gasteiger partial charge in [-0.1, -0.05) is 6.07 Å². The minimum atomic E-state index is -0.118. The van der Waals surface area contributed by atoms with E-state index in [1.54, 1.807) is 16.7 Å². The summed E-state index contributed by atoms with van der Waals surface area (Å²) < 4.78 is 1.55. The van der Waals surface area contributed by atoms with Gasteiger partial charge in [0.05, 0.1) is 10.3 Å². The minimum Gasteiger partial charge on any atom is -0.335 e. The number of carbonyl (C=O) groups excluding carboxylic acids is 1. The molecule has 0 N–H and O–H groups in total. The highest BCUT2D eigenvalue weighted by Crippen LogP contribution is 2.24. The van der Waals surface area contributed by atoms with Gasteiger partial charge in [-0.25, -0.2) is 4.98 Å². The van der Waals surface area contributed by atoms with Gasteiger partial charge in [0.15, 0.2) is 0 Å². The Morgan fingerprint density at radius 3 is 2.71 bits per heavy atom. The van der Waals surface area contributed by atoms with Crippen LogP contribution in [0.4, 0.5) is 0 Å². The van der Waals surface area contributed by atoms with Crippen LogP contribution in [0.5, 0.6) is 0 Å². The summed E-state index contributed by atoms with van der Waals surface area (Å²) in [6.07, 6.45) is 1.78. The Balaban J connectivity index is 1.78. The first-order valence-corrected chi connectivity index (χ1v) is 8.75. The molecule has 1 fully saturated rings. The highest BCUT2D eigenvalue weighted by molar-refractivity contribution is 7.20. The summed E-state index contributed by atoms with van der Waals surface area (Å²) in [6.45, 7) is 5.13. The number of aryl methyl sites for hydroxylation is 1. The molecule has 0 spiro atoms. The number of fused-ring (bicyclic) bond motifs is 2. The lowest BCUT2D eigenvalue weighted by atomic mass is 10.2. The Morgan fingerprint density at radius 1 is 1.21 bits per heavy atom. The summed E-state index contributed by atoms with van der Waals surface area (Å²) in [5.41, 5.74) is 1.49. The number of rotatable bonds is 1. The van der Waals surface area contributed by atoms with Crippen LogP contribution in [0.25, 0.3) is 15.9 Å². The molecule has 24 heavy (non-hydrogen) atoms. The molecule has 7 heteroatoms. The SMILES string of the molecule is Cc1ccc2nc3sc(C(=O)N4CCN(C)CC4)cc3c(=O)n2c1. The molecule has 1 aliphatic heterocycles. The second-order valence-corrected chi connectivity index (χ2v) is 7.31. The quantitative estimate of drug-likeness (QED) is 0.674. The third kappa shape index (κ3) is 2.50. The van der Waals surface area contributed by atoms with Crippen LogP contribution in [0.2, 0.25) is 0 Å². The van der Waals surface area contributed by atoms with Crippen molar-refractivity contribution in [3.8, 4) is 0 Å². The van der Waals surface area contributed by atoms with E-state index in [2.05, 4.69) is 16.9 Å². The average molecular weight is 342 g/mol. The predicted molar refractivity (Wildman–Crippen MR) is 95.0 cm³/mol. The summed E-state index contributed by atoms with van der Waals surface area (Å²) in [4.78, 5) is 35.2. The third-order valence-electron chi connectivity index (χ3n) is 4.45. The number of hydrogen-bond donors (Lipinski definition) is 0. The standard InChI is InChI=1S/C17H18N4O2S/c1-11-3-4-14-18-15-12(16(22)21(14)10-11)9-13(24-15)17(23)20-7-5-19(2)6-8-20/h3-4,9-10H,5-8H2,1-2H3. The summed E-state index contributed by atoms with van der Waals surface area (Å²) in [5.74, 6) is -0.00395. The Labute approximate surface area is 142 Å². The van der Waals surface area contributed by atoms with Crippen molar-refractivity contribution in [3.05, 3.63) is 45.2 Å². The highest BCUT2D eigenvalue weighted by atomic mass is 32.1. The van der Waals surface area contributed by atoms with Crippen molar-refractivity contribution in [2.75, 3.05) is 33.2 Å². The van der Waals surface area contributed by atoms with E-state index >= 15 is 0 Å². The van der Waals surface area contributed by atoms with Gasteiger partial charge in [-0.05, 0) is 31.7 Å². The van der Waals surface area contributed by atoms with Gasteiger partial charge in [-0.2, -0.15) is 0 Å². The molecule has 3 aromatic heterocycles. The molecule has 0 aromatic carbocycles. The molecule has 0 saturated carbocycles. The van der Waals surface area contributed by atoms with Crippen LogP contribution in [-0.2, 0) is 0 Å². The van der Waals surface area contributed by atoms with E-state index < -0.39 is 0 Å². The van der Waals surface area contributed by atoms with Crippen molar-refractivity contribution in [2.24, 2.45) is 0 Å². The van der Waals surface area contributed by atoms with E-state index in [0.29, 0.717) is 20.7 Å². The van der Waals surface area contributed by atoms with Gasteiger partial charge in [0.25, 0.3) is 11.5 Å². The molecule has 4 rings (SSSR count). The number of carbonyl (C=O) groups is 1. The molecular weight excluding hydrogens is 324 g/mol. The summed E-state index contributed by atoms with van der Waals surface area (Å²) in [7, 11) is 2.06. The van der Waals surface area contributed by atoms with Crippen molar-refractivity contribution in [2.45, 2.75) is 6.92 Å². The molecule has 124 valence electrons. The maximum atomic E-state index is 12.7. The fraction of sp³-hybridized carbons (Fsp3) is 0.353. The lowest BCUT2D eigenvalue weighted by Crippen LogP contribution is -2.46. The van der Waals surface area contributed by atoms with Crippen LogP contribution in [0.1, 0.15) is 15.2 Å². The number of piperazine rings is 1. The average Bonchev–Trinajstić information content (AvgIpc) is 3.00. The first-order valence-electron chi connectivity index (χ1n) is 7.93. The number of likely N-dealkylation sites (N-methyl/N-ethyl adjacent to an activating group) is 1. The summed E-state index contributed by atoms with van der Waals surface area (Å²) in [6, 6.07) is 5.46. The molecule has 1 saturated heterocycles. The second kappa shape index (κ2) is 5.68. The van der Waals surface area contributed by atoms with Gasteiger partial charge < -0.3 is 9.80 Å². The smallest absolute Gasteiger partial charge is 0.266 e. The van der Waals surface area contributed by atoms with E-state index in [0.717, 1.165) is 31.7 Å². The van der Waals surface area contributed by atoms with Gasteiger partial charge in [0.2, 0.25) is 0 Å². The molecule has 0 unspecified atom stereocenters. The lowest BCUT2D eigenvalue weighted by molar-refractivity contribution is 0.0669. The van der Waals surface area contributed by atoms with Crippen molar-refractivity contribution in [1.29, 1.82) is 0 Å². The van der Waals surface area contributed by atoms with E-state index in [9.17, 15) is 9.59 Å². The number of pyridine rings is 1. The molecule has 0 bridgehead atoms.